The normalized spacial score (nSPS) is 22.2. The minimum Gasteiger partial charge on any atom is -0.444 e. The molecule has 13 heteroatoms. The molecule has 0 N–H and O–H groups in total. The first-order valence-electron chi connectivity index (χ1n) is 12.0. The van der Waals surface area contributed by atoms with Crippen LogP contribution in [0.4, 0.5) is 31.1 Å². The fourth-order valence-electron chi connectivity index (χ4n) is 4.83. The number of amides is 3. The number of benzene rings is 2. The number of piperazine rings is 1. The quantitative estimate of drug-likeness (QED) is 0.502. The predicted octanol–water partition coefficient (Wildman–Crippen LogP) is 4.90. The zero-order chi connectivity index (χ0) is 28.7. The van der Waals surface area contributed by atoms with Crippen LogP contribution in [-0.4, -0.2) is 57.9 Å². The lowest BCUT2D eigenvalue weighted by molar-refractivity contribution is -0.171. The number of ether oxygens (including phenoxy) is 1. The van der Waals surface area contributed by atoms with Crippen molar-refractivity contribution in [1.82, 2.24) is 14.7 Å². The van der Waals surface area contributed by atoms with E-state index in [9.17, 15) is 40.7 Å². The van der Waals surface area contributed by atoms with Gasteiger partial charge in [0.2, 0.25) is 11.8 Å². The van der Waals surface area contributed by atoms with Crippen LogP contribution in [0.3, 0.4) is 0 Å². The molecule has 0 aliphatic carbocycles. The lowest BCUT2D eigenvalue weighted by Crippen LogP contribution is -2.72. The third-order valence-electron chi connectivity index (χ3n) is 6.76. The number of hydrogen-bond acceptors (Lipinski definition) is 4. The fourth-order valence-corrected chi connectivity index (χ4v) is 4.83. The number of rotatable bonds is 4. The van der Waals surface area contributed by atoms with Crippen LogP contribution in [0.2, 0.25) is 0 Å². The number of alkyl halides is 6. The summed E-state index contributed by atoms with van der Waals surface area (Å²) in [5, 5.41) is 0. The number of nitrogens with zero attached hydrogens (tertiary/aromatic N) is 3. The molecule has 3 amide bonds. The monoisotopic (exact) mass is 557 g/mol. The van der Waals surface area contributed by atoms with E-state index in [0.717, 1.165) is 5.56 Å². The summed E-state index contributed by atoms with van der Waals surface area (Å²) in [5.74, 6) is -1.39. The van der Waals surface area contributed by atoms with E-state index in [1.54, 1.807) is 19.1 Å². The van der Waals surface area contributed by atoms with Crippen LogP contribution in [0, 0.1) is 5.92 Å². The zero-order valence-corrected chi connectivity index (χ0v) is 20.9. The van der Waals surface area contributed by atoms with E-state index >= 15 is 0 Å². The highest BCUT2D eigenvalue weighted by atomic mass is 19.4. The first-order chi connectivity index (χ1) is 18.2. The maximum absolute atomic E-state index is 13.2. The van der Waals surface area contributed by atoms with E-state index in [0.29, 0.717) is 12.1 Å². The Bertz CT molecular complexity index is 1220. The topological polar surface area (TPSA) is 70.2 Å². The molecule has 39 heavy (non-hydrogen) atoms. The van der Waals surface area contributed by atoms with Crippen molar-refractivity contribution < 1.29 is 45.5 Å². The molecule has 0 spiro atoms. The summed E-state index contributed by atoms with van der Waals surface area (Å²) in [6.07, 6.45) is -12.0. The van der Waals surface area contributed by atoms with Gasteiger partial charge in [-0.3, -0.25) is 14.5 Å². The molecule has 2 fully saturated rings. The summed E-state index contributed by atoms with van der Waals surface area (Å²) in [6, 6.07) is 9.09. The maximum Gasteiger partial charge on any atom is 0.416 e. The van der Waals surface area contributed by atoms with Crippen molar-refractivity contribution in [2.75, 3.05) is 13.1 Å². The minimum absolute atomic E-state index is 0.0110. The molecule has 0 saturated carbocycles. The van der Waals surface area contributed by atoms with Gasteiger partial charge in [0.25, 0.3) is 0 Å². The second kappa shape index (κ2) is 10.4. The van der Waals surface area contributed by atoms with Gasteiger partial charge in [-0.15, -0.1) is 0 Å². The Kier molecular flexibility index (Phi) is 7.55. The van der Waals surface area contributed by atoms with Crippen LogP contribution < -0.4 is 0 Å². The van der Waals surface area contributed by atoms with Crippen molar-refractivity contribution >= 4 is 17.9 Å². The Labute approximate surface area is 219 Å². The number of halogens is 6. The Morgan fingerprint density at radius 3 is 2.03 bits per heavy atom. The largest absolute Gasteiger partial charge is 0.444 e. The summed E-state index contributed by atoms with van der Waals surface area (Å²) >= 11 is 0. The Hall–Kier alpha value is -3.77. The molecule has 0 radical (unpaired) electrons. The van der Waals surface area contributed by atoms with Crippen molar-refractivity contribution in [2.45, 2.75) is 51.6 Å². The van der Waals surface area contributed by atoms with E-state index in [1.165, 1.54) is 21.6 Å². The van der Waals surface area contributed by atoms with Gasteiger partial charge >= 0.3 is 18.4 Å². The first-order valence-corrected chi connectivity index (χ1v) is 12.0. The van der Waals surface area contributed by atoms with Gasteiger partial charge < -0.3 is 14.5 Å². The summed E-state index contributed by atoms with van der Waals surface area (Å²) in [6.45, 7) is 2.29. The molecule has 0 bridgehead atoms. The van der Waals surface area contributed by atoms with Crippen LogP contribution in [0.25, 0.3) is 0 Å². The predicted molar refractivity (Wildman–Crippen MR) is 124 cm³/mol. The van der Waals surface area contributed by atoms with Gasteiger partial charge in [0.05, 0.1) is 23.6 Å². The molecular formula is C26H25F6N3O4. The van der Waals surface area contributed by atoms with Gasteiger partial charge in [-0.2, -0.15) is 26.3 Å². The Balaban J connectivity index is 1.56. The van der Waals surface area contributed by atoms with E-state index in [2.05, 4.69) is 0 Å². The summed E-state index contributed by atoms with van der Waals surface area (Å²) in [5.41, 5.74) is -2.73. The van der Waals surface area contributed by atoms with Gasteiger partial charge in [-0.25, -0.2) is 4.79 Å². The van der Waals surface area contributed by atoms with Crippen LogP contribution in [-0.2, 0) is 39.8 Å². The van der Waals surface area contributed by atoms with Crippen molar-refractivity contribution in [2.24, 2.45) is 5.92 Å². The van der Waals surface area contributed by atoms with Crippen LogP contribution in [0.15, 0.2) is 48.5 Å². The standard InChI is InChI=1S/C26H25F6N3O4/c1-15-11-34(24(38)39-14-18-8-19(25(27,28)29)10-20(9-18)26(30,31)32)21-13-33(12-17-6-4-3-5-7-17)23(37)16(2)35(21)22(15)36/h3-10,15-16,21H,11-14H2,1-2H3/t15-,16-,21+/m0/s1. The smallest absolute Gasteiger partial charge is 0.416 e. The molecule has 4 rings (SSSR count). The third-order valence-corrected chi connectivity index (χ3v) is 6.76. The fraction of sp³-hybridized carbons (Fsp3) is 0.423. The van der Waals surface area contributed by atoms with Gasteiger partial charge in [-0.05, 0) is 36.2 Å². The van der Waals surface area contributed by atoms with Gasteiger partial charge in [0.15, 0.2) is 0 Å². The molecule has 0 unspecified atom stereocenters. The van der Waals surface area contributed by atoms with E-state index in [4.69, 9.17) is 4.74 Å². The summed E-state index contributed by atoms with van der Waals surface area (Å²) < 4.78 is 84.4. The van der Waals surface area contributed by atoms with E-state index in [-0.39, 0.29) is 37.5 Å². The molecule has 2 aliphatic rings. The molecule has 0 aromatic heterocycles. The average molecular weight is 557 g/mol. The van der Waals surface area contributed by atoms with Crippen LogP contribution in [0.5, 0.6) is 0 Å². The van der Waals surface area contributed by atoms with Crippen molar-refractivity contribution in [3.8, 4) is 0 Å². The molecule has 7 nitrogen and oxygen atoms in total. The van der Waals surface area contributed by atoms with Gasteiger partial charge in [0, 0.05) is 13.1 Å². The third kappa shape index (κ3) is 5.96. The summed E-state index contributed by atoms with van der Waals surface area (Å²) in [4.78, 5) is 43.1. The zero-order valence-electron chi connectivity index (χ0n) is 20.9. The first kappa shape index (κ1) is 28.2. The molecule has 210 valence electrons. The summed E-state index contributed by atoms with van der Waals surface area (Å²) in [7, 11) is 0. The Morgan fingerprint density at radius 2 is 1.46 bits per heavy atom. The number of carbonyl (C=O) groups excluding carboxylic acids is 3. The second-order valence-corrected chi connectivity index (χ2v) is 9.63. The molecule has 3 atom stereocenters. The highest BCUT2D eigenvalue weighted by molar-refractivity contribution is 5.91. The van der Waals surface area contributed by atoms with Crippen LogP contribution in [0.1, 0.15) is 36.1 Å². The number of hydrogen-bond donors (Lipinski definition) is 0. The maximum atomic E-state index is 13.2. The number of fused-ring (bicyclic) bond motifs is 1. The van der Waals surface area contributed by atoms with Crippen molar-refractivity contribution in [3.05, 3.63) is 70.8 Å². The highest BCUT2D eigenvalue weighted by Gasteiger charge is 2.49. The molecule has 2 saturated heterocycles. The number of carbonyl (C=O) groups is 3. The molecule has 2 aromatic carbocycles. The van der Waals surface area contributed by atoms with E-state index < -0.39 is 59.9 Å². The second-order valence-electron chi connectivity index (χ2n) is 9.63. The van der Waals surface area contributed by atoms with Crippen molar-refractivity contribution in [1.29, 1.82) is 0 Å². The lowest BCUT2D eigenvalue weighted by atomic mass is 9.99. The van der Waals surface area contributed by atoms with Crippen LogP contribution >= 0.6 is 0 Å². The minimum atomic E-state index is -5.05. The molecular weight excluding hydrogens is 532 g/mol. The van der Waals surface area contributed by atoms with Gasteiger partial charge in [-0.1, -0.05) is 37.3 Å². The Morgan fingerprint density at radius 1 is 0.872 bits per heavy atom. The highest BCUT2D eigenvalue weighted by Crippen LogP contribution is 2.37. The van der Waals surface area contributed by atoms with Crippen molar-refractivity contribution in [3.63, 3.8) is 0 Å². The SMILES string of the molecule is C[C@H]1CN(C(=O)OCc2cc(C(F)(F)F)cc(C(F)(F)F)c2)[C@H]2CN(Cc3ccccc3)C(=O)[C@H](C)N2C1=O. The molecule has 2 aromatic rings. The molecule has 2 aliphatic heterocycles. The average Bonchev–Trinajstić information content (AvgIpc) is 2.87. The van der Waals surface area contributed by atoms with E-state index in [1.807, 2.05) is 18.2 Å². The lowest BCUT2D eigenvalue weighted by Gasteiger charge is -2.52. The van der Waals surface area contributed by atoms with Gasteiger partial charge in [0.1, 0.15) is 18.8 Å². The molecule has 2 heterocycles.